The van der Waals surface area contributed by atoms with Gasteiger partial charge in [0.25, 0.3) is 0 Å². The number of hydrogen-bond acceptors (Lipinski definition) is 3. The summed E-state index contributed by atoms with van der Waals surface area (Å²) in [6.07, 6.45) is 0.801. The predicted molar refractivity (Wildman–Crippen MR) is 107 cm³/mol. The normalized spacial score (nSPS) is 11.3. The minimum atomic E-state index is 0.630. The monoisotopic (exact) mass is 375 g/mol. The highest BCUT2D eigenvalue weighted by Gasteiger charge is 2.04. The van der Waals surface area contributed by atoms with Gasteiger partial charge in [-0.25, -0.2) is 0 Å². The Hall–Kier alpha value is -2.24. The molecule has 0 fully saturated rings. The Labute approximate surface area is 160 Å². The van der Waals surface area contributed by atoms with Crippen LogP contribution < -0.4 is 15.4 Å². The van der Waals surface area contributed by atoms with E-state index >= 15 is 0 Å². The van der Waals surface area contributed by atoms with Crippen LogP contribution in [-0.4, -0.2) is 33.8 Å². The number of nitrogens with one attached hydrogen (secondary N) is 2. The van der Waals surface area contributed by atoms with Crippen molar-refractivity contribution in [2.45, 2.75) is 19.6 Å². The molecule has 0 spiro atoms. The first-order valence-corrected chi connectivity index (χ1v) is 8.87. The molecule has 0 atom stereocenters. The maximum Gasteiger partial charge on any atom is 0.191 e. The molecule has 0 aliphatic rings. The highest BCUT2D eigenvalue weighted by molar-refractivity contribution is 6.31. The second kappa shape index (κ2) is 10.7. The van der Waals surface area contributed by atoms with Crippen LogP contribution >= 0.6 is 11.6 Å². The summed E-state index contributed by atoms with van der Waals surface area (Å²) < 4.78 is 10.3. The van der Waals surface area contributed by atoms with Crippen molar-refractivity contribution >= 4 is 17.6 Å². The Balaban J connectivity index is 1.79. The molecule has 140 valence electrons. The van der Waals surface area contributed by atoms with Crippen LogP contribution in [-0.2, 0) is 24.3 Å². The van der Waals surface area contributed by atoms with Gasteiger partial charge in [0, 0.05) is 32.3 Å². The maximum absolute atomic E-state index is 6.27. The lowest BCUT2D eigenvalue weighted by Crippen LogP contribution is -2.37. The molecule has 0 aromatic heterocycles. The van der Waals surface area contributed by atoms with E-state index in [-0.39, 0.29) is 0 Å². The van der Waals surface area contributed by atoms with Gasteiger partial charge < -0.3 is 20.1 Å². The molecule has 0 radical (unpaired) electrons. The molecule has 0 aliphatic carbocycles. The third-order valence-corrected chi connectivity index (χ3v) is 4.32. The van der Waals surface area contributed by atoms with Crippen LogP contribution in [0.15, 0.2) is 47.5 Å². The van der Waals surface area contributed by atoms with Crippen molar-refractivity contribution in [1.82, 2.24) is 10.6 Å². The molecule has 26 heavy (non-hydrogen) atoms. The van der Waals surface area contributed by atoms with E-state index in [9.17, 15) is 0 Å². The van der Waals surface area contributed by atoms with Gasteiger partial charge in [0.1, 0.15) is 5.75 Å². The van der Waals surface area contributed by atoms with E-state index in [4.69, 9.17) is 21.1 Å². The largest absolute Gasteiger partial charge is 0.497 e. The van der Waals surface area contributed by atoms with Crippen LogP contribution in [0.4, 0.5) is 0 Å². The van der Waals surface area contributed by atoms with Crippen molar-refractivity contribution < 1.29 is 9.47 Å². The van der Waals surface area contributed by atoms with Crippen LogP contribution in [0.3, 0.4) is 0 Å². The minimum absolute atomic E-state index is 0.630. The van der Waals surface area contributed by atoms with Gasteiger partial charge in [0.05, 0.1) is 13.7 Å². The SMILES string of the molecule is CN=C(NCCc1ccc(OC)cc1Cl)NCc1ccc(COC)cc1. The summed E-state index contributed by atoms with van der Waals surface area (Å²) in [6, 6.07) is 14.1. The summed E-state index contributed by atoms with van der Waals surface area (Å²) in [7, 11) is 5.09. The van der Waals surface area contributed by atoms with Gasteiger partial charge in [0.15, 0.2) is 5.96 Å². The number of methoxy groups -OCH3 is 2. The van der Waals surface area contributed by atoms with Crippen molar-refractivity contribution in [3.05, 3.63) is 64.2 Å². The lowest BCUT2D eigenvalue weighted by Gasteiger charge is -2.13. The van der Waals surface area contributed by atoms with Gasteiger partial charge in [-0.2, -0.15) is 0 Å². The van der Waals surface area contributed by atoms with Crippen LogP contribution in [0.2, 0.25) is 5.02 Å². The molecule has 0 heterocycles. The molecule has 6 heteroatoms. The first-order chi connectivity index (χ1) is 12.7. The molecule has 5 nitrogen and oxygen atoms in total. The minimum Gasteiger partial charge on any atom is -0.497 e. The zero-order valence-corrected chi connectivity index (χ0v) is 16.3. The van der Waals surface area contributed by atoms with Crippen molar-refractivity contribution in [2.24, 2.45) is 4.99 Å². The molecule has 2 aromatic carbocycles. The number of aliphatic imine (C=N–C) groups is 1. The number of benzene rings is 2. The van der Waals surface area contributed by atoms with E-state index in [1.807, 2.05) is 18.2 Å². The molecule has 0 saturated carbocycles. The van der Waals surface area contributed by atoms with Crippen molar-refractivity contribution in [3.63, 3.8) is 0 Å². The second-order valence-corrected chi connectivity index (χ2v) is 6.22. The number of hydrogen-bond donors (Lipinski definition) is 2. The molecule has 0 saturated heterocycles. The van der Waals surface area contributed by atoms with Crippen LogP contribution in [0.5, 0.6) is 5.75 Å². The lowest BCUT2D eigenvalue weighted by molar-refractivity contribution is 0.185. The smallest absolute Gasteiger partial charge is 0.191 e. The van der Waals surface area contributed by atoms with Crippen LogP contribution in [0.1, 0.15) is 16.7 Å². The number of rotatable bonds is 8. The van der Waals surface area contributed by atoms with E-state index in [1.165, 1.54) is 5.56 Å². The number of guanidine groups is 1. The van der Waals surface area contributed by atoms with E-state index < -0.39 is 0 Å². The predicted octanol–water partition coefficient (Wildman–Crippen LogP) is 3.40. The van der Waals surface area contributed by atoms with E-state index in [2.05, 4.69) is 39.9 Å². The van der Waals surface area contributed by atoms with Gasteiger partial charge in [-0.1, -0.05) is 41.9 Å². The van der Waals surface area contributed by atoms with E-state index in [0.717, 1.165) is 35.8 Å². The van der Waals surface area contributed by atoms with Gasteiger partial charge in [-0.15, -0.1) is 0 Å². The Kier molecular flexibility index (Phi) is 8.25. The van der Waals surface area contributed by atoms with Crippen molar-refractivity contribution in [3.8, 4) is 5.75 Å². The Morgan fingerprint density at radius 3 is 2.38 bits per heavy atom. The Morgan fingerprint density at radius 1 is 1.04 bits per heavy atom. The molecule has 0 bridgehead atoms. The molecular formula is C20H26ClN3O2. The molecule has 0 aliphatic heterocycles. The third kappa shape index (κ3) is 6.24. The summed E-state index contributed by atoms with van der Waals surface area (Å²) in [6.45, 7) is 2.07. The van der Waals surface area contributed by atoms with Gasteiger partial charge >= 0.3 is 0 Å². The molecule has 0 unspecified atom stereocenters. The summed E-state index contributed by atoms with van der Waals surface area (Å²) in [5.74, 6) is 1.52. The Bertz CT molecular complexity index is 717. The zero-order valence-electron chi connectivity index (χ0n) is 15.5. The zero-order chi connectivity index (χ0) is 18.8. The standard InChI is InChI=1S/C20H26ClN3O2/c1-22-20(24-13-15-4-6-16(7-5-15)14-25-2)23-11-10-17-8-9-18(26-3)12-19(17)21/h4-9,12H,10-11,13-14H2,1-3H3,(H2,22,23,24). The molecule has 2 rings (SSSR count). The van der Waals surface area contributed by atoms with Crippen LogP contribution in [0, 0.1) is 0 Å². The summed E-state index contributed by atoms with van der Waals surface area (Å²) in [5.41, 5.74) is 3.42. The van der Waals surface area contributed by atoms with Gasteiger partial charge in [-0.3, -0.25) is 4.99 Å². The number of halogens is 1. The highest BCUT2D eigenvalue weighted by Crippen LogP contribution is 2.22. The van der Waals surface area contributed by atoms with E-state index in [0.29, 0.717) is 18.2 Å². The third-order valence-electron chi connectivity index (χ3n) is 3.96. The fourth-order valence-electron chi connectivity index (χ4n) is 2.50. The number of nitrogens with zero attached hydrogens (tertiary/aromatic N) is 1. The molecular weight excluding hydrogens is 350 g/mol. The summed E-state index contributed by atoms with van der Waals surface area (Å²) in [4.78, 5) is 4.25. The molecule has 2 aromatic rings. The fraction of sp³-hybridized carbons (Fsp3) is 0.350. The maximum atomic E-state index is 6.27. The van der Waals surface area contributed by atoms with Crippen molar-refractivity contribution in [1.29, 1.82) is 0 Å². The topological polar surface area (TPSA) is 54.9 Å². The van der Waals surface area contributed by atoms with Crippen molar-refractivity contribution in [2.75, 3.05) is 27.8 Å². The lowest BCUT2D eigenvalue weighted by atomic mass is 10.1. The first-order valence-electron chi connectivity index (χ1n) is 8.50. The van der Waals surface area contributed by atoms with E-state index in [1.54, 1.807) is 21.3 Å². The number of ether oxygens (including phenoxy) is 2. The summed E-state index contributed by atoms with van der Waals surface area (Å²) >= 11 is 6.27. The first kappa shape index (κ1) is 20.1. The average Bonchev–Trinajstić information content (AvgIpc) is 2.67. The average molecular weight is 376 g/mol. The second-order valence-electron chi connectivity index (χ2n) is 5.81. The van der Waals surface area contributed by atoms with Crippen LogP contribution in [0.25, 0.3) is 0 Å². The van der Waals surface area contributed by atoms with Gasteiger partial charge in [-0.05, 0) is 35.2 Å². The Morgan fingerprint density at radius 2 is 1.77 bits per heavy atom. The molecule has 0 amide bonds. The molecule has 2 N–H and O–H groups in total. The quantitative estimate of drug-likeness (QED) is 0.548. The summed E-state index contributed by atoms with van der Waals surface area (Å²) in [5, 5.41) is 7.33. The van der Waals surface area contributed by atoms with Gasteiger partial charge in [0.2, 0.25) is 0 Å². The highest BCUT2D eigenvalue weighted by atomic mass is 35.5. The fourth-order valence-corrected chi connectivity index (χ4v) is 2.76.